The summed E-state index contributed by atoms with van der Waals surface area (Å²) in [4.78, 5) is 0. The standard InChI is InChI=1S/C8H15N/c1-2-3-5-8-6-4-7-9-8/h6,9H,2-5,7H2,1H3. The zero-order valence-electron chi connectivity index (χ0n) is 6.11. The van der Waals surface area contributed by atoms with Crippen molar-refractivity contribution < 1.29 is 0 Å². The lowest BCUT2D eigenvalue weighted by molar-refractivity contribution is 0.735. The van der Waals surface area contributed by atoms with Crippen LogP contribution in [-0.2, 0) is 0 Å². The number of nitrogens with one attached hydrogen (secondary N) is 1. The van der Waals surface area contributed by atoms with Crippen LogP contribution in [0.4, 0.5) is 0 Å². The van der Waals surface area contributed by atoms with Crippen LogP contribution >= 0.6 is 0 Å². The third-order valence-corrected chi connectivity index (χ3v) is 1.69. The molecule has 0 aromatic heterocycles. The van der Waals surface area contributed by atoms with E-state index in [-0.39, 0.29) is 0 Å². The Labute approximate surface area is 57.1 Å². The highest BCUT2D eigenvalue weighted by atomic mass is 14.9. The Morgan fingerprint density at radius 1 is 1.67 bits per heavy atom. The fourth-order valence-corrected chi connectivity index (χ4v) is 1.11. The zero-order valence-corrected chi connectivity index (χ0v) is 6.11. The largest absolute Gasteiger partial charge is 0.388 e. The van der Waals surface area contributed by atoms with Crippen LogP contribution < -0.4 is 5.32 Å². The van der Waals surface area contributed by atoms with E-state index in [2.05, 4.69) is 18.3 Å². The summed E-state index contributed by atoms with van der Waals surface area (Å²) in [5.41, 5.74) is 1.47. The predicted octanol–water partition coefficient (Wildman–Crippen LogP) is 2.05. The van der Waals surface area contributed by atoms with E-state index in [9.17, 15) is 0 Å². The van der Waals surface area contributed by atoms with Gasteiger partial charge in [0.1, 0.15) is 0 Å². The van der Waals surface area contributed by atoms with Crippen molar-refractivity contribution in [1.29, 1.82) is 0 Å². The van der Waals surface area contributed by atoms with Crippen molar-refractivity contribution >= 4 is 0 Å². The van der Waals surface area contributed by atoms with Gasteiger partial charge in [-0.1, -0.05) is 19.4 Å². The maximum atomic E-state index is 3.35. The van der Waals surface area contributed by atoms with Crippen LogP contribution in [0.3, 0.4) is 0 Å². The number of hydrogen-bond acceptors (Lipinski definition) is 1. The minimum Gasteiger partial charge on any atom is -0.388 e. The normalized spacial score (nSPS) is 17.2. The number of unbranched alkanes of at least 4 members (excludes halogenated alkanes) is 1. The minimum absolute atomic E-state index is 1.17. The van der Waals surface area contributed by atoms with Gasteiger partial charge in [0.25, 0.3) is 0 Å². The molecular weight excluding hydrogens is 110 g/mol. The van der Waals surface area contributed by atoms with Crippen LogP contribution in [0.1, 0.15) is 32.6 Å². The Hall–Kier alpha value is -0.460. The van der Waals surface area contributed by atoms with Crippen LogP contribution in [0, 0.1) is 0 Å². The summed E-state index contributed by atoms with van der Waals surface area (Å²) in [6, 6.07) is 0. The van der Waals surface area contributed by atoms with Gasteiger partial charge in [-0.25, -0.2) is 0 Å². The van der Waals surface area contributed by atoms with Gasteiger partial charge in [-0.15, -0.1) is 0 Å². The molecule has 1 heterocycles. The second-order valence-corrected chi connectivity index (χ2v) is 2.55. The number of rotatable bonds is 3. The molecule has 1 rings (SSSR count). The quantitative estimate of drug-likeness (QED) is 0.608. The van der Waals surface area contributed by atoms with Gasteiger partial charge >= 0.3 is 0 Å². The van der Waals surface area contributed by atoms with Crippen molar-refractivity contribution in [3.63, 3.8) is 0 Å². The topological polar surface area (TPSA) is 12.0 Å². The SMILES string of the molecule is CCCCC1=CCCN1. The first-order valence-corrected chi connectivity index (χ1v) is 3.86. The van der Waals surface area contributed by atoms with Crippen LogP contribution in [-0.4, -0.2) is 6.54 Å². The summed E-state index contributed by atoms with van der Waals surface area (Å²) < 4.78 is 0. The average Bonchev–Trinajstić information content (AvgIpc) is 2.34. The Morgan fingerprint density at radius 3 is 3.11 bits per heavy atom. The summed E-state index contributed by atoms with van der Waals surface area (Å²) in [6.07, 6.45) is 7.45. The molecule has 9 heavy (non-hydrogen) atoms. The molecule has 1 aliphatic rings. The molecular formula is C8H15N. The lowest BCUT2D eigenvalue weighted by Crippen LogP contribution is -2.06. The lowest BCUT2D eigenvalue weighted by atomic mass is 10.2. The van der Waals surface area contributed by atoms with E-state index >= 15 is 0 Å². The van der Waals surface area contributed by atoms with Crippen molar-refractivity contribution in [3.05, 3.63) is 11.8 Å². The average molecular weight is 125 g/mol. The van der Waals surface area contributed by atoms with E-state index in [0.717, 1.165) is 0 Å². The highest BCUT2D eigenvalue weighted by Crippen LogP contribution is 2.08. The maximum absolute atomic E-state index is 3.35. The monoisotopic (exact) mass is 125 g/mol. The molecule has 0 radical (unpaired) electrons. The van der Waals surface area contributed by atoms with Crippen molar-refractivity contribution in [2.24, 2.45) is 0 Å². The molecule has 0 saturated carbocycles. The van der Waals surface area contributed by atoms with E-state index in [1.54, 1.807) is 0 Å². The van der Waals surface area contributed by atoms with Gasteiger partial charge < -0.3 is 5.32 Å². The summed E-state index contributed by atoms with van der Waals surface area (Å²) in [5, 5.41) is 3.35. The fraction of sp³-hybridized carbons (Fsp3) is 0.750. The second-order valence-electron chi connectivity index (χ2n) is 2.55. The van der Waals surface area contributed by atoms with Crippen LogP contribution in [0.2, 0.25) is 0 Å². The van der Waals surface area contributed by atoms with Crippen molar-refractivity contribution in [2.45, 2.75) is 32.6 Å². The maximum Gasteiger partial charge on any atom is 0.0179 e. The van der Waals surface area contributed by atoms with Gasteiger partial charge in [-0.05, 0) is 19.3 Å². The van der Waals surface area contributed by atoms with Gasteiger partial charge in [0, 0.05) is 12.2 Å². The molecule has 0 aromatic carbocycles. The van der Waals surface area contributed by atoms with Crippen LogP contribution in [0.5, 0.6) is 0 Å². The molecule has 0 spiro atoms. The molecule has 52 valence electrons. The lowest BCUT2D eigenvalue weighted by Gasteiger charge is -2.00. The minimum atomic E-state index is 1.17. The van der Waals surface area contributed by atoms with E-state index in [0.29, 0.717) is 0 Å². The second kappa shape index (κ2) is 3.54. The summed E-state index contributed by atoms with van der Waals surface area (Å²) >= 11 is 0. The van der Waals surface area contributed by atoms with Gasteiger partial charge in [0.2, 0.25) is 0 Å². The number of hydrogen-bond donors (Lipinski definition) is 1. The van der Waals surface area contributed by atoms with Crippen LogP contribution in [0.15, 0.2) is 11.8 Å². The van der Waals surface area contributed by atoms with Gasteiger partial charge in [0.15, 0.2) is 0 Å². The van der Waals surface area contributed by atoms with Crippen molar-refractivity contribution in [3.8, 4) is 0 Å². The third kappa shape index (κ3) is 2.08. The van der Waals surface area contributed by atoms with Crippen LogP contribution in [0.25, 0.3) is 0 Å². The molecule has 1 N–H and O–H groups in total. The molecule has 0 atom stereocenters. The van der Waals surface area contributed by atoms with Crippen molar-refractivity contribution in [2.75, 3.05) is 6.54 Å². The Bertz CT molecular complexity index is 105. The molecule has 0 saturated heterocycles. The Morgan fingerprint density at radius 2 is 2.56 bits per heavy atom. The first-order chi connectivity index (χ1) is 4.43. The molecule has 0 amide bonds. The van der Waals surface area contributed by atoms with E-state index < -0.39 is 0 Å². The molecule has 1 aliphatic heterocycles. The Kier molecular flexibility index (Phi) is 2.62. The molecule has 0 bridgehead atoms. The van der Waals surface area contributed by atoms with Gasteiger partial charge in [0.05, 0.1) is 0 Å². The molecule has 1 heteroatoms. The first-order valence-electron chi connectivity index (χ1n) is 3.86. The smallest absolute Gasteiger partial charge is 0.0179 e. The van der Waals surface area contributed by atoms with E-state index in [4.69, 9.17) is 0 Å². The molecule has 0 aliphatic carbocycles. The highest BCUT2D eigenvalue weighted by molar-refractivity contribution is 5.04. The summed E-state index contributed by atoms with van der Waals surface area (Å²) in [7, 11) is 0. The summed E-state index contributed by atoms with van der Waals surface area (Å²) in [6.45, 7) is 3.40. The zero-order chi connectivity index (χ0) is 6.53. The highest BCUT2D eigenvalue weighted by Gasteiger charge is 2.00. The molecule has 1 nitrogen and oxygen atoms in total. The summed E-state index contributed by atoms with van der Waals surface area (Å²) in [5.74, 6) is 0. The van der Waals surface area contributed by atoms with E-state index in [1.165, 1.54) is 37.9 Å². The molecule has 0 unspecified atom stereocenters. The third-order valence-electron chi connectivity index (χ3n) is 1.69. The molecule has 0 fully saturated rings. The number of allylic oxidation sites excluding steroid dienone is 1. The molecule has 0 aromatic rings. The van der Waals surface area contributed by atoms with E-state index in [1.807, 2.05) is 0 Å². The first kappa shape index (κ1) is 6.66. The van der Waals surface area contributed by atoms with Gasteiger partial charge in [-0.3, -0.25) is 0 Å². The predicted molar refractivity (Wildman–Crippen MR) is 40.2 cm³/mol. The van der Waals surface area contributed by atoms with Gasteiger partial charge in [-0.2, -0.15) is 0 Å². The fourth-order valence-electron chi connectivity index (χ4n) is 1.11. The van der Waals surface area contributed by atoms with Crippen molar-refractivity contribution in [1.82, 2.24) is 5.32 Å². The Balaban J connectivity index is 2.11.